The molecule has 3 atom stereocenters. The summed E-state index contributed by atoms with van der Waals surface area (Å²) in [5, 5.41) is 4.54. The van der Waals surface area contributed by atoms with Gasteiger partial charge in [0.2, 0.25) is 5.91 Å². The quantitative estimate of drug-likeness (QED) is 0.336. The van der Waals surface area contributed by atoms with Crippen molar-refractivity contribution in [3.05, 3.63) is 98.6 Å². The van der Waals surface area contributed by atoms with Gasteiger partial charge in [0.1, 0.15) is 5.69 Å². The summed E-state index contributed by atoms with van der Waals surface area (Å²) >= 11 is 1.46. The molecule has 0 aliphatic carbocycles. The number of carbonyl (C=O) groups is 3. The minimum atomic E-state index is -1.19. The van der Waals surface area contributed by atoms with Crippen LogP contribution in [-0.4, -0.2) is 33.3 Å². The molecule has 206 valence electrons. The van der Waals surface area contributed by atoms with Gasteiger partial charge in [-0.3, -0.25) is 23.9 Å². The van der Waals surface area contributed by atoms with Crippen LogP contribution in [0.5, 0.6) is 0 Å². The molecule has 1 N–H and O–H groups in total. The van der Waals surface area contributed by atoms with Crippen molar-refractivity contribution in [3.8, 4) is 5.69 Å². The maximum Gasteiger partial charge on any atom is 0.312 e. The van der Waals surface area contributed by atoms with Gasteiger partial charge in [-0.1, -0.05) is 42.0 Å². The van der Waals surface area contributed by atoms with Gasteiger partial charge in [-0.15, -0.1) is 11.3 Å². The van der Waals surface area contributed by atoms with Crippen molar-refractivity contribution in [1.29, 1.82) is 0 Å². The zero-order valence-corrected chi connectivity index (χ0v) is 23.5. The van der Waals surface area contributed by atoms with E-state index in [1.807, 2.05) is 66.9 Å². The van der Waals surface area contributed by atoms with E-state index in [0.29, 0.717) is 17.1 Å². The molecule has 4 aromatic rings. The number of para-hydroxylation sites is 1. The summed E-state index contributed by atoms with van der Waals surface area (Å²) in [4.78, 5) is 55.4. The molecule has 10 heteroatoms. The van der Waals surface area contributed by atoms with E-state index in [0.717, 1.165) is 10.4 Å². The molecule has 0 spiro atoms. The third kappa shape index (κ3) is 4.98. The van der Waals surface area contributed by atoms with Crippen molar-refractivity contribution in [3.63, 3.8) is 0 Å². The topological polar surface area (TPSA) is 103 Å². The molecule has 0 unspecified atom stereocenters. The van der Waals surface area contributed by atoms with Gasteiger partial charge in [-0.25, -0.2) is 4.68 Å². The first-order valence-electron chi connectivity index (χ1n) is 12.9. The van der Waals surface area contributed by atoms with E-state index in [9.17, 15) is 19.2 Å². The van der Waals surface area contributed by atoms with Crippen molar-refractivity contribution in [2.75, 3.05) is 10.2 Å². The number of benzene rings is 2. The molecular formula is C30H30N4O5S. The Morgan fingerprint density at radius 3 is 2.33 bits per heavy atom. The number of rotatable bonds is 7. The number of thiophene rings is 1. The molecule has 9 nitrogen and oxygen atoms in total. The van der Waals surface area contributed by atoms with E-state index < -0.39 is 35.5 Å². The highest BCUT2D eigenvalue weighted by molar-refractivity contribution is 7.10. The monoisotopic (exact) mass is 558 g/mol. The molecule has 2 aromatic carbocycles. The fraction of sp³-hybridized carbons (Fsp3) is 0.267. The standard InChI is InChI=1S/C30H30N4O5S/c1-18-12-14-21(15-13-18)33-25(35)17-23(27(33)24-11-8-16-40-24)30(38)39-20(3)28(36)31-26-19(2)32(4)34(29(26)37)22-9-6-5-7-10-22/h5-16,20,23,27H,17H2,1-4H3,(H,31,36)/t20-,23+,27+/m0/s1. The zero-order valence-electron chi connectivity index (χ0n) is 22.7. The molecule has 40 heavy (non-hydrogen) atoms. The molecule has 1 saturated heterocycles. The number of aromatic nitrogens is 2. The molecule has 5 rings (SSSR count). The maximum absolute atomic E-state index is 13.4. The second kappa shape index (κ2) is 11.0. The van der Waals surface area contributed by atoms with E-state index in [1.165, 1.54) is 22.9 Å². The highest BCUT2D eigenvalue weighted by Crippen LogP contribution is 2.43. The lowest BCUT2D eigenvalue weighted by atomic mass is 9.98. The second-order valence-corrected chi connectivity index (χ2v) is 10.9. The summed E-state index contributed by atoms with van der Waals surface area (Å²) in [7, 11) is 1.73. The van der Waals surface area contributed by atoms with Crippen molar-refractivity contribution in [2.24, 2.45) is 13.0 Å². The number of ether oxygens (including phenoxy) is 1. The molecule has 2 amide bonds. The summed E-state index contributed by atoms with van der Waals surface area (Å²) in [6, 6.07) is 19.9. The number of hydrogen-bond acceptors (Lipinski definition) is 6. The largest absolute Gasteiger partial charge is 0.452 e. The Bertz CT molecular complexity index is 1610. The molecular weight excluding hydrogens is 528 g/mol. The molecule has 3 heterocycles. The van der Waals surface area contributed by atoms with Crippen LogP contribution in [0.1, 0.15) is 35.5 Å². The number of aryl methyl sites for hydroxylation is 1. The third-order valence-corrected chi connectivity index (χ3v) is 8.18. The van der Waals surface area contributed by atoms with Gasteiger partial charge < -0.3 is 15.0 Å². The minimum absolute atomic E-state index is 0.0385. The van der Waals surface area contributed by atoms with E-state index in [-0.39, 0.29) is 18.0 Å². The Kier molecular flexibility index (Phi) is 7.44. The van der Waals surface area contributed by atoms with Crippen LogP contribution < -0.4 is 15.8 Å². The Morgan fingerprint density at radius 1 is 0.975 bits per heavy atom. The van der Waals surface area contributed by atoms with Gasteiger partial charge in [0.05, 0.1) is 23.3 Å². The molecule has 0 saturated carbocycles. The predicted molar refractivity (Wildman–Crippen MR) is 154 cm³/mol. The molecule has 1 aliphatic heterocycles. The van der Waals surface area contributed by atoms with Crippen LogP contribution in [0.25, 0.3) is 5.69 Å². The van der Waals surface area contributed by atoms with E-state index in [1.54, 1.807) is 35.7 Å². The number of hydrogen-bond donors (Lipinski definition) is 1. The normalized spacial score (nSPS) is 17.6. The molecule has 0 radical (unpaired) electrons. The Morgan fingerprint density at radius 2 is 1.68 bits per heavy atom. The van der Waals surface area contributed by atoms with Gasteiger partial charge in [-0.2, -0.15) is 0 Å². The third-order valence-electron chi connectivity index (χ3n) is 7.24. The predicted octanol–water partition coefficient (Wildman–Crippen LogP) is 4.52. The summed E-state index contributed by atoms with van der Waals surface area (Å²) in [5.74, 6) is -2.26. The fourth-order valence-electron chi connectivity index (χ4n) is 4.99. The molecule has 0 bridgehead atoms. The van der Waals surface area contributed by atoms with Crippen LogP contribution >= 0.6 is 11.3 Å². The van der Waals surface area contributed by atoms with Gasteiger partial charge in [-0.05, 0) is 56.5 Å². The summed E-state index contributed by atoms with van der Waals surface area (Å²) < 4.78 is 8.72. The number of nitrogens with one attached hydrogen (secondary N) is 1. The first kappa shape index (κ1) is 27.1. The first-order valence-corrected chi connectivity index (χ1v) is 13.8. The van der Waals surface area contributed by atoms with Crippen LogP contribution in [0.4, 0.5) is 11.4 Å². The first-order chi connectivity index (χ1) is 19.2. The lowest BCUT2D eigenvalue weighted by Gasteiger charge is -2.27. The Balaban J connectivity index is 1.35. The van der Waals surface area contributed by atoms with Crippen molar-refractivity contribution in [1.82, 2.24) is 9.36 Å². The number of anilines is 2. The maximum atomic E-state index is 13.4. The number of esters is 1. The fourth-order valence-corrected chi connectivity index (χ4v) is 5.87. The number of carbonyl (C=O) groups excluding carboxylic acids is 3. The summed E-state index contributed by atoms with van der Waals surface area (Å²) in [6.45, 7) is 5.14. The SMILES string of the molecule is Cc1ccc(N2C(=O)C[C@@H](C(=O)O[C@@H](C)C(=O)Nc3c(C)n(C)n(-c4ccccc4)c3=O)[C@@H]2c2cccs2)cc1. The van der Waals surface area contributed by atoms with Crippen LogP contribution in [0, 0.1) is 19.8 Å². The number of nitrogens with zero attached hydrogens (tertiary/aromatic N) is 3. The highest BCUT2D eigenvalue weighted by atomic mass is 32.1. The van der Waals surface area contributed by atoms with Gasteiger partial charge in [0.15, 0.2) is 6.10 Å². The Labute approximate surface area is 235 Å². The highest BCUT2D eigenvalue weighted by Gasteiger charge is 2.47. The smallest absolute Gasteiger partial charge is 0.312 e. The van der Waals surface area contributed by atoms with Crippen molar-refractivity contribution in [2.45, 2.75) is 39.3 Å². The van der Waals surface area contributed by atoms with E-state index in [4.69, 9.17) is 4.74 Å². The van der Waals surface area contributed by atoms with Crippen LogP contribution in [0.2, 0.25) is 0 Å². The average Bonchev–Trinajstić information content (AvgIpc) is 3.64. The summed E-state index contributed by atoms with van der Waals surface area (Å²) in [6.07, 6.45) is -1.23. The molecule has 2 aromatic heterocycles. The van der Waals surface area contributed by atoms with Crippen LogP contribution in [0.3, 0.4) is 0 Å². The lowest BCUT2D eigenvalue weighted by molar-refractivity contribution is -0.157. The summed E-state index contributed by atoms with van der Waals surface area (Å²) in [5.41, 5.74) is 2.67. The zero-order chi connectivity index (χ0) is 28.6. The van der Waals surface area contributed by atoms with Crippen molar-refractivity contribution < 1.29 is 19.1 Å². The van der Waals surface area contributed by atoms with E-state index in [2.05, 4.69) is 5.32 Å². The van der Waals surface area contributed by atoms with Crippen LogP contribution in [-0.2, 0) is 26.2 Å². The second-order valence-electron chi connectivity index (χ2n) is 9.88. The van der Waals surface area contributed by atoms with Gasteiger partial charge in [0, 0.05) is 24.0 Å². The van der Waals surface area contributed by atoms with Gasteiger partial charge in [0.25, 0.3) is 11.5 Å². The average molecular weight is 559 g/mol. The van der Waals surface area contributed by atoms with Gasteiger partial charge >= 0.3 is 5.97 Å². The lowest BCUT2D eigenvalue weighted by Crippen LogP contribution is -2.35. The molecule has 1 aliphatic rings. The van der Waals surface area contributed by atoms with Crippen molar-refractivity contribution >= 4 is 40.5 Å². The van der Waals surface area contributed by atoms with E-state index >= 15 is 0 Å². The minimum Gasteiger partial charge on any atom is -0.452 e. The number of amides is 2. The Hall–Kier alpha value is -4.44. The molecule has 1 fully saturated rings. The van der Waals surface area contributed by atoms with Crippen LogP contribution in [0.15, 0.2) is 76.9 Å².